The number of carbonyl (C=O) groups excluding carboxylic acids is 3. The maximum absolute atomic E-state index is 13.3. The van der Waals surface area contributed by atoms with Crippen LogP contribution < -0.4 is 10.8 Å². The number of benzene rings is 1. The minimum Gasteiger partial charge on any atom is -0.464 e. The van der Waals surface area contributed by atoms with Crippen LogP contribution in [0.3, 0.4) is 0 Å². The van der Waals surface area contributed by atoms with Gasteiger partial charge in [-0.3, -0.25) is 19.2 Å². The van der Waals surface area contributed by atoms with E-state index in [1.807, 2.05) is 51.1 Å². The van der Waals surface area contributed by atoms with Crippen molar-refractivity contribution in [3.63, 3.8) is 0 Å². The molecule has 8 heteroatoms. The summed E-state index contributed by atoms with van der Waals surface area (Å²) in [5.74, 6) is -1.96. The Balaban J connectivity index is 2.81. The Labute approximate surface area is 216 Å². The van der Waals surface area contributed by atoms with Crippen LogP contribution in [0.1, 0.15) is 85.6 Å². The van der Waals surface area contributed by atoms with Crippen LogP contribution in [0.4, 0.5) is 0 Å². The van der Waals surface area contributed by atoms with E-state index in [1.54, 1.807) is 0 Å². The summed E-state index contributed by atoms with van der Waals surface area (Å²) in [5, 5.41) is 13.7. The molecule has 0 radical (unpaired) electrons. The summed E-state index contributed by atoms with van der Waals surface area (Å²) in [6.07, 6.45) is 3.68. The van der Waals surface area contributed by atoms with Gasteiger partial charge in [0.15, 0.2) is 0 Å². The van der Waals surface area contributed by atoms with Gasteiger partial charge < -0.3 is 15.2 Å². The first-order valence-electron chi connectivity index (χ1n) is 13.0. The second kappa shape index (κ2) is 16.3. The van der Waals surface area contributed by atoms with Gasteiger partial charge in [0.1, 0.15) is 12.7 Å². The number of hydrogen-bond donors (Lipinski definition) is 3. The molecule has 0 aromatic heterocycles. The topological polar surface area (TPSA) is 114 Å². The normalized spacial score (nSPS) is 14.1. The molecule has 1 aromatic carbocycles. The Morgan fingerprint density at radius 2 is 1.56 bits per heavy atom. The molecule has 8 nitrogen and oxygen atoms in total. The van der Waals surface area contributed by atoms with E-state index in [9.17, 15) is 19.5 Å². The molecule has 3 atom stereocenters. The molecule has 36 heavy (non-hydrogen) atoms. The smallest absolute Gasteiger partial charge is 0.302 e. The zero-order valence-electron chi connectivity index (χ0n) is 22.8. The maximum atomic E-state index is 13.3. The lowest BCUT2D eigenvalue weighted by Gasteiger charge is -2.33. The van der Waals surface area contributed by atoms with Gasteiger partial charge in [0.2, 0.25) is 5.91 Å². The molecule has 2 amide bonds. The van der Waals surface area contributed by atoms with Gasteiger partial charge in [-0.2, -0.15) is 0 Å². The minimum atomic E-state index is -1.58. The predicted octanol–water partition coefficient (Wildman–Crippen LogP) is 4.30. The van der Waals surface area contributed by atoms with Gasteiger partial charge >= 0.3 is 5.97 Å². The van der Waals surface area contributed by atoms with Gasteiger partial charge in [0.25, 0.3) is 5.91 Å². The van der Waals surface area contributed by atoms with Gasteiger partial charge in [-0.05, 0) is 23.3 Å². The molecule has 1 rings (SSSR count). The van der Waals surface area contributed by atoms with Gasteiger partial charge in [-0.15, -0.1) is 0 Å². The Hall–Kier alpha value is -2.45. The van der Waals surface area contributed by atoms with Crippen LogP contribution in [0.25, 0.3) is 0 Å². The zero-order valence-corrected chi connectivity index (χ0v) is 22.8. The first-order chi connectivity index (χ1) is 16.9. The van der Waals surface area contributed by atoms with Crippen molar-refractivity contribution >= 4 is 17.8 Å². The summed E-state index contributed by atoms with van der Waals surface area (Å²) >= 11 is 0. The van der Waals surface area contributed by atoms with Crippen molar-refractivity contribution in [2.45, 2.75) is 98.8 Å². The lowest BCUT2D eigenvalue weighted by molar-refractivity contribution is -0.151. The van der Waals surface area contributed by atoms with E-state index >= 15 is 0 Å². The Bertz CT molecular complexity index is 791. The summed E-state index contributed by atoms with van der Waals surface area (Å²) in [7, 11) is 0. The number of rotatable bonds is 16. The van der Waals surface area contributed by atoms with E-state index in [-0.39, 0.29) is 13.2 Å². The molecule has 0 heterocycles. The molecule has 1 aromatic rings. The average Bonchev–Trinajstić information content (AvgIpc) is 2.80. The van der Waals surface area contributed by atoms with Crippen molar-refractivity contribution in [3.05, 3.63) is 35.9 Å². The molecule has 0 fully saturated rings. The third-order valence-corrected chi connectivity index (χ3v) is 6.10. The second-order valence-electron chi connectivity index (χ2n) is 10.9. The molecule has 0 aliphatic rings. The molecular weight excluding hydrogens is 460 g/mol. The van der Waals surface area contributed by atoms with E-state index in [2.05, 4.69) is 24.6 Å². The average molecular weight is 507 g/mol. The number of nitrogens with one attached hydrogen (secondary N) is 2. The van der Waals surface area contributed by atoms with E-state index in [0.29, 0.717) is 18.8 Å². The lowest BCUT2D eigenvalue weighted by Crippen LogP contribution is -2.52. The summed E-state index contributed by atoms with van der Waals surface area (Å²) < 4.78 is 5.14. The number of hydroxylamine groups is 1. The number of ether oxygens (including phenoxy) is 1. The van der Waals surface area contributed by atoms with Gasteiger partial charge in [0.05, 0.1) is 18.6 Å². The first-order valence-corrected chi connectivity index (χ1v) is 13.0. The number of aliphatic hydroxyl groups excluding tert-OH is 1. The molecule has 0 spiro atoms. The fourth-order valence-corrected chi connectivity index (χ4v) is 3.70. The summed E-state index contributed by atoms with van der Waals surface area (Å²) in [4.78, 5) is 42.5. The van der Waals surface area contributed by atoms with Crippen molar-refractivity contribution in [2.75, 3.05) is 6.61 Å². The van der Waals surface area contributed by atoms with Crippen molar-refractivity contribution in [2.24, 2.45) is 17.3 Å². The fourth-order valence-electron chi connectivity index (χ4n) is 3.70. The fraction of sp³-hybridized carbons (Fsp3) is 0.679. The third-order valence-electron chi connectivity index (χ3n) is 6.10. The number of aliphatic hydroxyl groups is 1. The van der Waals surface area contributed by atoms with Crippen LogP contribution in [-0.2, 0) is 30.6 Å². The van der Waals surface area contributed by atoms with E-state index in [0.717, 1.165) is 31.2 Å². The number of hydrogen-bond acceptors (Lipinski definition) is 6. The summed E-state index contributed by atoms with van der Waals surface area (Å²) in [6.45, 7) is 11.6. The zero-order chi connectivity index (χ0) is 27.1. The van der Waals surface area contributed by atoms with E-state index in [1.165, 1.54) is 6.92 Å². The molecule has 0 unspecified atom stereocenters. The minimum absolute atomic E-state index is 0.00890. The van der Waals surface area contributed by atoms with E-state index in [4.69, 9.17) is 9.57 Å². The SMILES string of the molecule is CC(=O)OC[C@@H](NC(=O)[C@H](CCCCCCC(C)C)[C@H](O)C(=O)NOCc1ccccc1)C(C)(C)C. The third kappa shape index (κ3) is 13.0. The predicted molar refractivity (Wildman–Crippen MR) is 139 cm³/mol. The molecular formula is C28H46N2O6. The van der Waals surface area contributed by atoms with Crippen LogP contribution in [-0.4, -0.2) is 41.6 Å². The number of unbranched alkanes of at least 4 members (excludes halogenated alkanes) is 3. The Morgan fingerprint density at radius 1 is 0.944 bits per heavy atom. The van der Waals surface area contributed by atoms with Crippen LogP contribution in [0.5, 0.6) is 0 Å². The molecule has 0 bridgehead atoms. The molecule has 0 aliphatic carbocycles. The van der Waals surface area contributed by atoms with Crippen LogP contribution in [0.15, 0.2) is 30.3 Å². The lowest BCUT2D eigenvalue weighted by atomic mass is 9.86. The van der Waals surface area contributed by atoms with Gasteiger partial charge in [-0.1, -0.05) is 97.1 Å². The highest BCUT2D eigenvalue weighted by molar-refractivity contribution is 5.88. The van der Waals surface area contributed by atoms with Gasteiger partial charge in [0, 0.05) is 6.92 Å². The summed E-state index contributed by atoms with van der Waals surface area (Å²) in [6, 6.07) is 8.83. The highest BCUT2D eigenvalue weighted by Gasteiger charge is 2.35. The molecule has 204 valence electrons. The number of amides is 2. The van der Waals surface area contributed by atoms with Crippen LogP contribution in [0, 0.1) is 17.3 Å². The highest BCUT2D eigenvalue weighted by atomic mass is 16.7. The van der Waals surface area contributed by atoms with E-state index < -0.39 is 41.3 Å². The quantitative estimate of drug-likeness (QED) is 0.175. The monoisotopic (exact) mass is 506 g/mol. The van der Waals surface area contributed by atoms with Crippen LogP contribution >= 0.6 is 0 Å². The maximum Gasteiger partial charge on any atom is 0.302 e. The van der Waals surface area contributed by atoms with Crippen LogP contribution in [0.2, 0.25) is 0 Å². The Morgan fingerprint density at radius 3 is 2.11 bits per heavy atom. The van der Waals surface area contributed by atoms with Crippen molar-refractivity contribution in [1.29, 1.82) is 0 Å². The summed E-state index contributed by atoms with van der Waals surface area (Å²) in [5.41, 5.74) is 2.73. The molecule has 0 saturated carbocycles. The van der Waals surface area contributed by atoms with Crippen molar-refractivity contribution in [1.82, 2.24) is 10.8 Å². The molecule has 3 N–H and O–H groups in total. The van der Waals surface area contributed by atoms with Gasteiger partial charge in [-0.25, -0.2) is 5.48 Å². The Kier molecular flexibility index (Phi) is 14.3. The van der Waals surface area contributed by atoms with Crippen molar-refractivity contribution < 1.29 is 29.1 Å². The standard InChI is InChI=1S/C28H46N2O6/c1-20(2)14-10-7-8-13-17-23(26(33)29-24(28(4,5)6)19-35-21(3)31)25(32)27(34)30-36-18-22-15-11-9-12-16-22/h9,11-12,15-16,20,23-25,32H,7-8,10,13-14,17-19H2,1-6H3,(H,29,33)(H,30,34)/t23-,24-,25+/m1/s1. The number of carbonyl (C=O) groups is 3. The molecule has 0 saturated heterocycles. The van der Waals surface area contributed by atoms with Crippen molar-refractivity contribution in [3.8, 4) is 0 Å². The second-order valence-corrected chi connectivity index (χ2v) is 10.9. The largest absolute Gasteiger partial charge is 0.464 e. The number of esters is 1. The highest BCUT2D eigenvalue weighted by Crippen LogP contribution is 2.22. The molecule has 0 aliphatic heterocycles. The first kappa shape index (κ1) is 31.6.